The third-order valence-corrected chi connectivity index (χ3v) is 9.10. The normalized spacial score (nSPS) is 18.1. The standard InChI is InChI=1S/C28H38N6O8S/c1-15-12-34(16(2)14-35)25(36)11-21-10-22(32-43(38,39)27-18(4)31-42-20(27)6)8-9-23(21)40-24(15)13-33(7)28(37)29-26-17(3)30-41-19(26)5/h8-10,15-16,24,32,35H,11-14H2,1-7H3,(H,29,37)/t15-,16-,24-/m1/s1. The summed E-state index contributed by atoms with van der Waals surface area (Å²) < 4.78 is 45.4. The molecule has 2 aromatic heterocycles. The van der Waals surface area contributed by atoms with Gasteiger partial charge in [0.15, 0.2) is 16.4 Å². The molecule has 0 fully saturated rings. The number of hydrogen-bond acceptors (Lipinski definition) is 10. The third-order valence-electron chi connectivity index (χ3n) is 7.47. The van der Waals surface area contributed by atoms with Crippen LogP contribution in [-0.2, 0) is 21.2 Å². The first kappa shape index (κ1) is 31.8. The second-order valence-electron chi connectivity index (χ2n) is 11.0. The number of nitrogens with one attached hydrogen (secondary N) is 2. The van der Waals surface area contributed by atoms with Gasteiger partial charge in [-0.2, -0.15) is 0 Å². The number of likely N-dealkylation sites (N-methyl/N-ethyl adjacent to an activating group) is 1. The van der Waals surface area contributed by atoms with E-state index >= 15 is 0 Å². The van der Waals surface area contributed by atoms with Crippen LogP contribution >= 0.6 is 0 Å². The summed E-state index contributed by atoms with van der Waals surface area (Å²) >= 11 is 0. The summed E-state index contributed by atoms with van der Waals surface area (Å²) in [6, 6.07) is 3.82. The predicted octanol–water partition coefficient (Wildman–Crippen LogP) is 3.01. The molecule has 1 aliphatic heterocycles. The highest BCUT2D eigenvalue weighted by Crippen LogP contribution is 2.31. The Morgan fingerprint density at radius 3 is 2.44 bits per heavy atom. The van der Waals surface area contributed by atoms with Gasteiger partial charge in [0.1, 0.15) is 28.9 Å². The highest BCUT2D eigenvalue weighted by molar-refractivity contribution is 7.92. The van der Waals surface area contributed by atoms with Crippen molar-refractivity contribution in [3.05, 3.63) is 46.7 Å². The van der Waals surface area contributed by atoms with Crippen LogP contribution in [0.5, 0.6) is 5.75 Å². The molecule has 1 aliphatic rings. The van der Waals surface area contributed by atoms with Crippen LogP contribution in [0, 0.1) is 33.6 Å². The molecule has 14 nitrogen and oxygen atoms in total. The lowest BCUT2D eigenvalue weighted by Gasteiger charge is -2.34. The SMILES string of the molecule is Cc1noc(C)c1NC(=O)N(C)C[C@H]1Oc2ccc(NS(=O)(=O)c3c(C)noc3C)cc2CC(=O)N([C@H](C)CO)C[C@H]1C. The maximum absolute atomic E-state index is 13.5. The molecule has 0 bridgehead atoms. The van der Waals surface area contributed by atoms with Gasteiger partial charge in [-0.15, -0.1) is 0 Å². The Balaban J connectivity index is 1.64. The number of urea groups is 1. The fourth-order valence-corrected chi connectivity index (χ4v) is 6.37. The molecule has 3 amide bonds. The summed E-state index contributed by atoms with van der Waals surface area (Å²) in [5.41, 5.74) is 1.93. The number of sulfonamides is 1. The number of aliphatic hydroxyl groups excluding tert-OH is 1. The maximum Gasteiger partial charge on any atom is 0.321 e. The number of carbonyl (C=O) groups is 2. The van der Waals surface area contributed by atoms with Crippen LogP contribution in [0.3, 0.4) is 0 Å². The van der Waals surface area contributed by atoms with Crippen molar-refractivity contribution in [3.63, 3.8) is 0 Å². The Morgan fingerprint density at radius 1 is 1.16 bits per heavy atom. The number of aryl methyl sites for hydroxylation is 4. The predicted molar refractivity (Wildman–Crippen MR) is 156 cm³/mol. The average Bonchev–Trinajstić information content (AvgIpc) is 3.47. The van der Waals surface area contributed by atoms with Gasteiger partial charge < -0.3 is 34.0 Å². The smallest absolute Gasteiger partial charge is 0.321 e. The van der Waals surface area contributed by atoms with E-state index in [-0.39, 0.29) is 60.0 Å². The Morgan fingerprint density at radius 2 is 1.84 bits per heavy atom. The number of amides is 3. The van der Waals surface area contributed by atoms with Crippen molar-refractivity contribution >= 4 is 33.3 Å². The summed E-state index contributed by atoms with van der Waals surface area (Å²) in [5, 5.41) is 20.3. The van der Waals surface area contributed by atoms with Crippen molar-refractivity contribution in [2.75, 3.05) is 36.8 Å². The van der Waals surface area contributed by atoms with E-state index in [1.165, 1.54) is 18.7 Å². The van der Waals surface area contributed by atoms with Gasteiger partial charge in [-0.05, 0) is 52.8 Å². The van der Waals surface area contributed by atoms with Crippen LogP contribution in [-0.4, -0.2) is 84.5 Å². The van der Waals surface area contributed by atoms with Gasteiger partial charge in [-0.3, -0.25) is 9.52 Å². The molecule has 3 atom stereocenters. The number of fused-ring (bicyclic) bond motifs is 1. The van der Waals surface area contributed by atoms with E-state index in [9.17, 15) is 23.1 Å². The Hall–Kier alpha value is -4.11. The molecule has 0 spiro atoms. The molecule has 3 aromatic rings. The molecule has 4 rings (SSSR count). The lowest BCUT2D eigenvalue weighted by atomic mass is 10.0. The number of carbonyl (C=O) groups excluding carboxylic acids is 2. The number of aliphatic hydroxyl groups is 1. The highest BCUT2D eigenvalue weighted by atomic mass is 32.2. The monoisotopic (exact) mass is 618 g/mol. The first-order valence-corrected chi connectivity index (χ1v) is 15.3. The van der Waals surface area contributed by atoms with Crippen LogP contribution in [0.2, 0.25) is 0 Å². The molecular formula is C28H38N6O8S. The number of ether oxygens (including phenoxy) is 1. The average molecular weight is 619 g/mol. The minimum atomic E-state index is -4.03. The number of nitrogens with zero attached hydrogens (tertiary/aromatic N) is 4. The quantitative estimate of drug-likeness (QED) is 0.340. The lowest BCUT2D eigenvalue weighted by Crippen LogP contribution is -2.48. The van der Waals surface area contributed by atoms with E-state index in [2.05, 4.69) is 20.4 Å². The summed E-state index contributed by atoms with van der Waals surface area (Å²) in [6.07, 6.45) is -0.661. The molecule has 234 valence electrons. The van der Waals surface area contributed by atoms with E-state index in [0.29, 0.717) is 28.5 Å². The zero-order valence-corrected chi connectivity index (χ0v) is 26.1. The molecule has 1 aromatic carbocycles. The van der Waals surface area contributed by atoms with Crippen LogP contribution in [0.15, 0.2) is 32.1 Å². The Bertz CT molecular complexity index is 1560. The zero-order chi connectivity index (χ0) is 31.6. The van der Waals surface area contributed by atoms with Crippen LogP contribution in [0.25, 0.3) is 0 Å². The molecule has 0 saturated carbocycles. The first-order valence-electron chi connectivity index (χ1n) is 13.8. The van der Waals surface area contributed by atoms with Crippen molar-refractivity contribution in [2.45, 2.75) is 65.0 Å². The second kappa shape index (κ2) is 12.6. The minimum Gasteiger partial charge on any atom is -0.488 e. The van der Waals surface area contributed by atoms with E-state index < -0.39 is 28.2 Å². The number of benzene rings is 1. The molecule has 3 N–H and O–H groups in total. The van der Waals surface area contributed by atoms with Crippen molar-refractivity contribution in [1.29, 1.82) is 0 Å². The molecular weight excluding hydrogens is 580 g/mol. The molecule has 15 heteroatoms. The Labute approximate surface area is 250 Å². The summed E-state index contributed by atoms with van der Waals surface area (Å²) in [6.45, 7) is 10.3. The van der Waals surface area contributed by atoms with Gasteiger partial charge >= 0.3 is 6.03 Å². The number of rotatable bonds is 8. The second-order valence-corrected chi connectivity index (χ2v) is 12.6. The van der Waals surface area contributed by atoms with Crippen LogP contribution < -0.4 is 14.8 Å². The fraction of sp³-hybridized carbons (Fsp3) is 0.500. The third kappa shape index (κ3) is 6.94. The first-order chi connectivity index (χ1) is 20.2. The van der Waals surface area contributed by atoms with Gasteiger partial charge in [0.25, 0.3) is 10.0 Å². The fourth-order valence-electron chi connectivity index (χ4n) is 4.99. The molecule has 0 saturated heterocycles. The van der Waals surface area contributed by atoms with Gasteiger partial charge in [0.2, 0.25) is 5.91 Å². The summed E-state index contributed by atoms with van der Waals surface area (Å²) in [7, 11) is -2.41. The van der Waals surface area contributed by atoms with E-state index in [1.807, 2.05) is 6.92 Å². The van der Waals surface area contributed by atoms with Gasteiger partial charge in [-0.25, -0.2) is 13.2 Å². The van der Waals surface area contributed by atoms with Crippen molar-refractivity contribution in [2.24, 2.45) is 5.92 Å². The molecule has 43 heavy (non-hydrogen) atoms. The molecule has 3 heterocycles. The van der Waals surface area contributed by atoms with E-state index in [4.69, 9.17) is 13.8 Å². The highest BCUT2D eigenvalue weighted by Gasteiger charge is 2.32. The molecule has 0 radical (unpaired) electrons. The minimum absolute atomic E-state index is 0.0573. The van der Waals surface area contributed by atoms with Crippen molar-refractivity contribution in [3.8, 4) is 5.75 Å². The molecule has 0 aliphatic carbocycles. The number of anilines is 2. The van der Waals surface area contributed by atoms with Crippen molar-refractivity contribution in [1.82, 2.24) is 20.1 Å². The Kier molecular flexibility index (Phi) is 9.35. The van der Waals surface area contributed by atoms with Crippen LogP contribution in [0.4, 0.5) is 16.2 Å². The molecule has 0 unspecified atom stereocenters. The zero-order valence-electron chi connectivity index (χ0n) is 25.3. The summed E-state index contributed by atoms with van der Waals surface area (Å²) in [4.78, 5) is 29.6. The topological polar surface area (TPSA) is 180 Å². The lowest BCUT2D eigenvalue weighted by molar-refractivity contribution is -0.134. The summed E-state index contributed by atoms with van der Waals surface area (Å²) in [5.74, 6) is 0.501. The van der Waals surface area contributed by atoms with E-state index in [0.717, 1.165) is 0 Å². The van der Waals surface area contributed by atoms with Gasteiger partial charge in [0.05, 0.1) is 25.6 Å². The van der Waals surface area contributed by atoms with E-state index in [1.54, 1.807) is 50.9 Å². The van der Waals surface area contributed by atoms with Crippen LogP contribution in [0.1, 0.15) is 42.3 Å². The number of hydrogen-bond donors (Lipinski definition) is 3. The van der Waals surface area contributed by atoms with Gasteiger partial charge in [-0.1, -0.05) is 17.2 Å². The number of aromatic nitrogens is 2. The largest absolute Gasteiger partial charge is 0.488 e. The van der Waals surface area contributed by atoms with Gasteiger partial charge in [0, 0.05) is 30.8 Å². The van der Waals surface area contributed by atoms with Crippen molar-refractivity contribution < 1.29 is 36.9 Å². The maximum atomic E-state index is 13.5.